The first-order valence-corrected chi connectivity index (χ1v) is 16.0. The summed E-state index contributed by atoms with van der Waals surface area (Å²) in [7, 11) is -4.03. The molecule has 3 aromatic heterocycles. The highest BCUT2D eigenvalue weighted by Gasteiger charge is 2.25. The number of aromatic nitrogens is 3. The lowest BCUT2D eigenvalue weighted by molar-refractivity contribution is 0.122. The number of nitrogens with one attached hydrogen (secondary N) is 1. The van der Waals surface area contributed by atoms with Crippen molar-refractivity contribution in [2.45, 2.75) is 17.9 Å². The van der Waals surface area contributed by atoms with E-state index in [0.717, 1.165) is 15.2 Å². The number of nitrogens with zero attached hydrogens (tertiary/aromatic N) is 4. The van der Waals surface area contributed by atoms with E-state index in [2.05, 4.69) is 15.2 Å². The molecule has 13 heteroatoms. The lowest BCUT2D eigenvalue weighted by Crippen LogP contribution is -2.36. The van der Waals surface area contributed by atoms with Gasteiger partial charge in [-0.15, -0.1) is 0 Å². The monoisotopic (exact) mass is 647 g/mol. The van der Waals surface area contributed by atoms with Crippen molar-refractivity contribution in [3.05, 3.63) is 112 Å². The van der Waals surface area contributed by atoms with E-state index in [1.807, 2.05) is 13.0 Å². The number of rotatable bonds is 8. The average molecular weight is 648 g/mol. The van der Waals surface area contributed by atoms with Gasteiger partial charge in [0, 0.05) is 54.1 Å². The topological polar surface area (TPSA) is 136 Å². The van der Waals surface area contributed by atoms with Crippen molar-refractivity contribution in [1.29, 1.82) is 0 Å². The smallest absolute Gasteiger partial charge is 0.404 e. The van der Waals surface area contributed by atoms with Gasteiger partial charge < -0.3 is 24.6 Å². The molecule has 6 rings (SSSR count). The minimum Gasteiger partial charge on any atom is -0.465 e. The van der Waals surface area contributed by atoms with Gasteiger partial charge in [0.2, 0.25) is 0 Å². The van der Waals surface area contributed by atoms with Crippen LogP contribution < -0.4 is 15.8 Å². The molecule has 0 spiro atoms. The molecule has 1 aliphatic heterocycles. The normalized spacial score (nSPS) is 14.4. The standard InChI is InChI=1S/C32H30ClN5O6S/c1-21-5-7-26(8-6-21)45(42,43)38-20-28(27-17-25(18-34-31(27)38)36-11-13-44-14-12-36)22-9-10-37(30(39)16-22)29(19-35-32(40)41)23-3-2-4-24(33)15-23/h2-10,15-18,20,29,35H,11-14,19H2,1H3,(H,40,41). The summed E-state index contributed by atoms with van der Waals surface area (Å²) < 4.78 is 35.8. The van der Waals surface area contributed by atoms with Crippen molar-refractivity contribution >= 4 is 44.4 Å². The molecule has 11 nitrogen and oxygen atoms in total. The lowest BCUT2D eigenvalue weighted by atomic mass is 10.0. The number of morpholine rings is 1. The molecule has 232 valence electrons. The highest BCUT2D eigenvalue weighted by molar-refractivity contribution is 7.90. The van der Waals surface area contributed by atoms with Gasteiger partial charge >= 0.3 is 6.09 Å². The van der Waals surface area contributed by atoms with Gasteiger partial charge in [-0.25, -0.2) is 22.2 Å². The van der Waals surface area contributed by atoms with Crippen molar-refractivity contribution in [3.63, 3.8) is 0 Å². The van der Waals surface area contributed by atoms with Crippen molar-refractivity contribution < 1.29 is 23.1 Å². The molecule has 0 aliphatic carbocycles. The molecule has 1 amide bonds. The lowest BCUT2D eigenvalue weighted by Gasteiger charge is -2.28. The zero-order valence-corrected chi connectivity index (χ0v) is 25.8. The molecule has 2 aromatic carbocycles. The minimum absolute atomic E-state index is 0.0736. The third kappa shape index (κ3) is 6.17. The van der Waals surface area contributed by atoms with Crippen molar-refractivity contribution in [3.8, 4) is 11.1 Å². The molecule has 0 bridgehead atoms. The molecule has 5 aromatic rings. The van der Waals surface area contributed by atoms with Crippen molar-refractivity contribution in [2.24, 2.45) is 0 Å². The predicted octanol–water partition coefficient (Wildman–Crippen LogP) is 4.76. The molecule has 1 fully saturated rings. The van der Waals surface area contributed by atoms with E-state index in [1.54, 1.807) is 67.0 Å². The largest absolute Gasteiger partial charge is 0.465 e. The van der Waals surface area contributed by atoms with Crippen LogP contribution in [0.25, 0.3) is 22.2 Å². The van der Waals surface area contributed by atoms with Crippen LogP contribution in [-0.2, 0) is 14.8 Å². The van der Waals surface area contributed by atoms with Crippen LogP contribution in [0.1, 0.15) is 17.2 Å². The van der Waals surface area contributed by atoms with Gasteiger partial charge in [0.1, 0.15) is 0 Å². The predicted molar refractivity (Wildman–Crippen MR) is 172 cm³/mol. The Kier molecular flexibility index (Phi) is 8.36. The molecule has 4 heterocycles. The average Bonchev–Trinajstić information content (AvgIpc) is 3.42. The molecule has 1 unspecified atom stereocenters. The van der Waals surface area contributed by atoms with Crippen LogP contribution in [0.15, 0.2) is 95.0 Å². The SMILES string of the molecule is Cc1ccc(S(=O)(=O)n2cc(-c3ccn(C(CNC(=O)O)c4cccc(Cl)c4)c(=O)c3)c3cc(N4CCOCC4)cnc32)cc1. The first-order valence-electron chi connectivity index (χ1n) is 14.2. The van der Waals surface area contributed by atoms with Gasteiger partial charge in [-0.05, 0) is 54.4 Å². The zero-order valence-electron chi connectivity index (χ0n) is 24.3. The van der Waals surface area contributed by atoms with Crippen LogP contribution in [0.3, 0.4) is 0 Å². The van der Waals surface area contributed by atoms with E-state index in [9.17, 15) is 23.1 Å². The Morgan fingerprint density at radius 3 is 2.53 bits per heavy atom. The Morgan fingerprint density at radius 2 is 1.84 bits per heavy atom. The van der Waals surface area contributed by atoms with Gasteiger partial charge in [0.05, 0.1) is 36.0 Å². The van der Waals surface area contributed by atoms with Crippen LogP contribution in [0.4, 0.5) is 10.5 Å². The maximum Gasteiger partial charge on any atom is 0.404 e. The Hall–Kier alpha value is -4.65. The van der Waals surface area contributed by atoms with E-state index < -0.39 is 27.7 Å². The molecular formula is C32H30ClN5O6S. The first-order chi connectivity index (χ1) is 21.6. The van der Waals surface area contributed by atoms with Gasteiger partial charge in [-0.1, -0.05) is 41.4 Å². The fourth-order valence-corrected chi connectivity index (χ4v) is 7.01. The third-order valence-corrected chi connectivity index (χ3v) is 9.73. The summed E-state index contributed by atoms with van der Waals surface area (Å²) >= 11 is 6.21. The number of pyridine rings is 2. The second-order valence-electron chi connectivity index (χ2n) is 10.7. The van der Waals surface area contributed by atoms with Gasteiger partial charge in [-0.2, -0.15) is 0 Å². The number of hydrogen-bond acceptors (Lipinski definition) is 7. The van der Waals surface area contributed by atoms with Crippen LogP contribution in [0.5, 0.6) is 0 Å². The van der Waals surface area contributed by atoms with E-state index in [0.29, 0.717) is 53.4 Å². The number of aryl methyl sites for hydroxylation is 1. The van der Waals surface area contributed by atoms with Crippen molar-refractivity contribution in [1.82, 2.24) is 18.8 Å². The molecule has 2 N–H and O–H groups in total. The molecule has 1 saturated heterocycles. The Labute approximate surface area is 264 Å². The van der Waals surface area contributed by atoms with Crippen LogP contribution in [0.2, 0.25) is 5.02 Å². The summed E-state index contributed by atoms with van der Waals surface area (Å²) in [6.45, 7) is 4.26. The first kappa shape index (κ1) is 30.4. The number of fused-ring (bicyclic) bond motifs is 1. The van der Waals surface area contributed by atoms with Crippen LogP contribution in [0, 0.1) is 6.92 Å². The van der Waals surface area contributed by atoms with Gasteiger partial charge in [0.15, 0.2) is 5.65 Å². The van der Waals surface area contributed by atoms with Gasteiger partial charge in [-0.3, -0.25) is 4.79 Å². The highest BCUT2D eigenvalue weighted by atomic mass is 35.5. The number of halogens is 1. The number of carbonyl (C=O) groups is 1. The molecule has 1 atom stereocenters. The summed E-state index contributed by atoms with van der Waals surface area (Å²) in [4.78, 5) is 31.8. The summed E-state index contributed by atoms with van der Waals surface area (Å²) in [6, 6.07) is 17.8. The molecule has 1 aliphatic rings. The fourth-order valence-electron chi connectivity index (χ4n) is 5.49. The Bertz CT molecular complexity index is 2050. The van der Waals surface area contributed by atoms with E-state index in [4.69, 9.17) is 16.3 Å². The van der Waals surface area contributed by atoms with E-state index in [1.165, 1.54) is 16.8 Å². The van der Waals surface area contributed by atoms with Crippen LogP contribution in [-0.4, -0.2) is 66.0 Å². The number of anilines is 1. The summed E-state index contributed by atoms with van der Waals surface area (Å²) in [5.41, 5.74) is 3.19. The summed E-state index contributed by atoms with van der Waals surface area (Å²) in [6.07, 6.45) is 3.50. The summed E-state index contributed by atoms with van der Waals surface area (Å²) in [5.74, 6) is 0. The zero-order chi connectivity index (χ0) is 31.7. The number of ether oxygens (including phenoxy) is 1. The molecule has 45 heavy (non-hydrogen) atoms. The second-order valence-corrected chi connectivity index (χ2v) is 13.0. The maximum atomic E-state index is 13.9. The Balaban J connectivity index is 1.49. The quantitative estimate of drug-likeness (QED) is 0.246. The van der Waals surface area contributed by atoms with Gasteiger partial charge in [0.25, 0.3) is 15.6 Å². The fraction of sp³-hybridized carbons (Fsp3) is 0.219. The molecular weight excluding hydrogens is 618 g/mol. The second kappa shape index (κ2) is 12.4. The number of carboxylic acid groups (broad SMARTS) is 1. The third-order valence-electron chi connectivity index (χ3n) is 7.83. The minimum atomic E-state index is -4.03. The van der Waals surface area contributed by atoms with Crippen LogP contribution >= 0.6 is 11.6 Å². The number of amides is 1. The van der Waals surface area contributed by atoms with Crippen molar-refractivity contribution in [2.75, 3.05) is 37.7 Å². The molecule has 0 radical (unpaired) electrons. The number of hydrogen-bond donors (Lipinski definition) is 2. The van der Waals surface area contributed by atoms with E-state index in [-0.39, 0.29) is 17.1 Å². The highest BCUT2D eigenvalue weighted by Crippen LogP contribution is 2.34. The maximum absolute atomic E-state index is 13.9. The molecule has 0 saturated carbocycles. The summed E-state index contributed by atoms with van der Waals surface area (Å²) in [5, 5.41) is 12.6. The number of benzene rings is 2. The van der Waals surface area contributed by atoms with E-state index >= 15 is 0 Å². The Morgan fingerprint density at radius 1 is 1.09 bits per heavy atom.